The Hall–Kier alpha value is -4.32. The van der Waals surface area contributed by atoms with E-state index in [1.807, 2.05) is 24.3 Å². The molecule has 3 aromatic heterocycles. The van der Waals surface area contributed by atoms with E-state index in [1.54, 1.807) is 0 Å². The van der Waals surface area contributed by atoms with E-state index in [9.17, 15) is 0 Å². The Morgan fingerprint density at radius 2 is 1.36 bits per heavy atom. The number of benzene rings is 3. The third kappa shape index (κ3) is 6.42. The number of aromatic nitrogens is 1. The lowest BCUT2D eigenvalue weighted by Crippen LogP contribution is -2.32. The molecule has 4 heterocycles. The van der Waals surface area contributed by atoms with Gasteiger partial charge in [0.15, 0.2) is 0 Å². The molecule has 0 N–H and O–H groups in total. The van der Waals surface area contributed by atoms with Crippen molar-refractivity contribution >= 4 is 16.6 Å². The van der Waals surface area contributed by atoms with Gasteiger partial charge in [0.2, 0.25) is 0 Å². The second-order valence-corrected chi connectivity index (χ2v) is 12.1. The van der Waals surface area contributed by atoms with E-state index in [-0.39, 0.29) is 0 Å². The van der Waals surface area contributed by atoms with Crippen molar-refractivity contribution in [2.24, 2.45) is 0 Å². The van der Waals surface area contributed by atoms with Crippen molar-refractivity contribution in [3.63, 3.8) is 0 Å². The van der Waals surface area contributed by atoms with Crippen LogP contribution in [0.3, 0.4) is 0 Å². The lowest BCUT2D eigenvalue weighted by Gasteiger charge is -2.26. The Bertz CT molecular complexity index is 1810. The molecule has 3 aromatic carbocycles. The number of likely N-dealkylation sites (tertiary alicyclic amines) is 1. The van der Waals surface area contributed by atoms with Gasteiger partial charge >= 0.3 is 0 Å². The molecule has 5 nitrogen and oxygen atoms in total. The highest BCUT2D eigenvalue weighted by atomic mass is 16.5. The van der Waals surface area contributed by atoms with Crippen LogP contribution in [0.15, 0.2) is 103 Å². The second-order valence-electron chi connectivity index (χ2n) is 12.1. The Morgan fingerprint density at radius 1 is 0.667 bits per heavy atom. The summed E-state index contributed by atoms with van der Waals surface area (Å²) in [5, 5.41) is 0. The van der Waals surface area contributed by atoms with Crippen LogP contribution in [0.2, 0.25) is 0 Å². The maximum absolute atomic E-state index is 6.45. The lowest BCUT2D eigenvalue weighted by atomic mass is 9.98. The van der Waals surface area contributed by atoms with Crippen LogP contribution in [0.4, 0.5) is 0 Å². The SMILES string of the molecule is CCc1c(-c2ccc(OCc3ccccc3)cc2)c2c(COCCN3CCCCC3)cc3c(OCc4ccccc4)ccc1n32. The first-order valence-electron chi connectivity index (χ1n) is 16.4. The maximum atomic E-state index is 6.45. The van der Waals surface area contributed by atoms with Gasteiger partial charge in [-0.25, -0.2) is 0 Å². The quantitative estimate of drug-likeness (QED) is 0.124. The van der Waals surface area contributed by atoms with Gasteiger partial charge in [-0.1, -0.05) is 86.1 Å². The summed E-state index contributed by atoms with van der Waals surface area (Å²) in [7, 11) is 0. The van der Waals surface area contributed by atoms with Crippen LogP contribution in [-0.2, 0) is 31.0 Å². The van der Waals surface area contributed by atoms with Crippen molar-refractivity contribution in [3.8, 4) is 22.6 Å². The molecule has 0 unspecified atom stereocenters. The van der Waals surface area contributed by atoms with Crippen molar-refractivity contribution in [3.05, 3.63) is 125 Å². The molecule has 1 aliphatic rings. The van der Waals surface area contributed by atoms with Crippen molar-refractivity contribution in [1.82, 2.24) is 9.30 Å². The number of hydrogen-bond acceptors (Lipinski definition) is 4. The predicted octanol–water partition coefficient (Wildman–Crippen LogP) is 8.92. The molecule has 1 saturated heterocycles. The Balaban J connectivity index is 1.21. The van der Waals surface area contributed by atoms with Crippen LogP contribution in [0, 0.1) is 0 Å². The van der Waals surface area contributed by atoms with Crippen molar-refractivity contribution in [2.45, 2.75) is 52.4 Å². The minimum Gasteiger partial charge on any atom is -0.489 e. The number of pyridine rings is 1. The molecule has 1 aliphatic heterocycles. The van der Waals surface area contributed by atoms with Crippen molar-refractivity contribution < 1.29 is 14.2 Å². The summed E-state index contributed by atoms with van der Waals surface area (Å²) < 4.78 is 21.4. The van der Waals surface area contributed by atoms with Gasteiger partial charge in [0.1, 0.15) is 24.7 Å². The molecule has 0 amide bonds. The topological polar surface area (TPSA) is 35.3 Å². The van der Waals surface area contributed by atoms with Gasteiger partial charge in [0.25, 0.3) is 0 Å². The number of ether oxygens (including phenoxy) is 3. The van der Waals surface area contributed by atoms with Gasteiger partial charge in [-0.3, -0.25) is 0 Å². The lowest BCUT2D eigenvalue weighted by molar-refractivity contribution is 0.0870. The normalized spacial score (nSPS) is 14.0. The molecule has 230 valence electrons. The summed E-state index contributed by atoms with van der Waals surface area (Å²) in [6, 6.07) is 35.9. The number of piperidine rings is 1. The molecular weight excluding hydrogens is 556 g/mol. The number of hydrogen-bond donors (Lipinski definition) is 0. The summed E-state index contributed by atoms with van der Waals surface area (Å²) in [4.78, 5) is 2.54. The minimum atomic E-state index is 0.531. The van der Waals surface area contributed by atoms with E-state index >= 15 is 0 Å². The minimum absolute atomic E-state index is 0.531. The van der Waals surface area contributed by atoms with Crippen LogP contribution in [0.1, 0.15) is 48.4 Å². The maximum Gasteiger partial charge on any atom is 0.143 e. The molecule has 7 rings (SSSR count). The molecule has 0 saturated carbocycles. The van der Waals surface area contributed by atoms with E-state index < -0.39 is 0 Å². The molecule has 0 radical (unpaired) electrons. The van der Waals surface area contributed by atoms with Gasteiger partial charge in [-0.2, -0.15) is 0 Å². The zero-order valence-corrected chi connectivity index (χ0v) is 26.2. The van der Waals surface area contributed by atoms with Gasteiger partial charge < -0.3 is 23.5 Å². The Labute approximate surface area is 266 Å². The van der Waals surface area contributed by atoms with Crippen LogP contribution >= 0.6 is 0 Å². The number of rotatable bonds is 13. The second kappa shape index (κ2) is 13.8. The fourth-order valence-electron chi connectivity index (χ4n) is 6.74. The van der Waals surface area contributed by atoms with Gasteiger partial charge in [-0.05, 0) is 84.9 Å². The molecule has 0 atom stereocenters. The zero-order chi connectivity index (χ0) is 30.4. The molecular formula is C40H42N2O3. The molecule has 0 aliphatic carbocycles. The molecule has 0 spiro atoms. The number of nitrogens with zero attached hydrogens (tertiary/aromatic N) is 2. The van der Waals surface area contributed by atoms with Crippen LogP contribution in [0.5, 0.6) is 11.5 Å². The highest BCUT2D eigenvalue weighted by Crippen LogP contribution is 2.42. The Kier molecular flexibility index (Phi) is 8.99. The third-order valence-electron chi connectivity index (χ3n) is 9.05. The molecule has 45 heavy (non-hydrogen) atoms. The monoisotopic (exact) mass is 598 g/mol. The fourth-order valence-corrected chi connectivity index (χ4v) is 6.74. The van der Waals surface area contributed by atoms with E-state index in [2.05, 4.69) is 95.1 Å². The van der Waals surface area contributed by atoms with Crippen molar-refractivity contribution in [2.75, 3.05) is 26.2 Å². The van der Waals surface area contributed by atoms with Crippen LogP contribution in [0.25, 0.3) is 27.7 Å². The van der Waals surface area contributed by atoms with E-state index in [0.717, 1.165) is 47.7 Å². The summed E-state index contributed by atoms with van der Waals surface area (Å²) in [6.07, 6.45) is 4.88. The molecule has 0 bridgehead atoms. The van der Waals surface area contributed by atoms with E-state index in [0.29, 0.717) is 19.8 Å². The first-order chi connectivity index (χ1) is 22.3. The van der Waals surface area contributed by atoms with E-state index in [4.69, 9.17) is 14.2 Å². The summed E-state index contributed by atoms with van der Waals surface area (Å²) in [5.74, 6) is 1.76. The third-order valence-corrected chi connectivity index (χ3v) is 9.05. The Morgan fingerprint density at radius 3 is 2.04 bits per heavy atom. The molecule has 1 fully saturated rings. The van der Waals surface area contributed by atoms with Crippen molar-refractivity contribution in [1.29, 1.82) is 0 Å². The summed E-state index contributed by atoms with van der Waals surface area (Å²) in [5.41, 5.74) is 10.9. The van der Waals surface area contributed by atoms with Crippen LogP contribution < -0.4 is 9.47 Å². The van der Waals surface area contributed by atoms with Gasteiger partial charge in [-0.15, -0.1) is 0 Å². The van der Waals surface area contributed by atoms with Gasteiger partial charge in [0, 0.05) is 17.7 Å². The fraction of sp³-hybridized carbons (Fsp3) is 0.300. The molecule has 6 aromatic rings. The average Bonchev–Trinajstić information content (AvgIpc) is 3.65. The zero-order valence-electron chi connectivity index (χ0n) is 26.2. The first-order valence-corrected chi connectivity index (χ1v) is 16.4. The number of aryl methyl sites for hydroxylation is 1. The highest BCUT2D eigenvalue weighted by Gasteiger charge is 2.24. The standard InChI is InChI=1S/C40H42N2O3/c1-2-35-36-20-21-38(45-28-31-14-8-4-9-15-31)37-26-33(29-43-25-24-41-22-10-5-11-23-41)40(42(36)37)39(35)32-16-18-34(19-17-32)44-27-30-12-6-3-7-13-30/h3-4,6-9,12-21,26H,2,5,10-11,22-25,27-29H2,1H3. The smallest absolute Gasteiger partial charge is 0.143 e. The van der Waals surface area contributed by atoms with Crippen LogP contribution in [-0.4, -0.2) is 35.5 Å². The summed E-state index contributed by atoms with van der Waals surface area (Å²) >= 11 is 0. The largest absolute Gasteiger partial charge is 0.489 e. The summed E-state index contributed by atoms with van der Waals surface area (Å²) in [6.45, 7) is 8.01. The predicted molar refractivity (Wildman–Crippen MR) is 182 cm³/mol. The highest BCUT2D eigenvalue weighted by molar-refractivity contribution is 5.98. The first kappa shape index (κ1) is 29.4. The van der Waals surface area contributed by atoms with Gasteiger partial charge in [0.05, 0.1) is 29.8 Å². The average molecular weight is 599 g/mol. The molecule has 5 heteroatoms. The van der Waals surface area contributed by atoms with E-state index in [1.165, 1.54) is 65.6 Å².